The van der Waals surface area contributed by atoms with Crippen molar-refractivity contribution in [3.8, 4) is 5.75 Å². The minimum Gasteiger partial charge on any atom is -0.496 e. The van der Waals surface area contributed by atoms with E-state index in [4.69, 9.17) is 26.8 Å². The summed E-state index contributed by atoms with van der Waals surface area (Å²) in [4.78, 5) is 0. The lowest BCUT2D eigenvalue weighted by Gasteiger charge is -2.23. The molecule has 0 fully saturated rings. The fourth-order valence-electron chi connectivity index (χ4n) is 2.04. The first-order chi connectivity index (χ1) is 9.13. The second-order valence-electron chi connectivity index (χ2n) is 4.28. The molecule has 0 aliphatic heterocycles. The molecule has 0 bridgehead atoms. The average molecular weight is 288 g/mol. The van der Waals surface area contributed by atoms with E-state index in [0.29, 0.717) is 37.0 Å². The van der Waals surface area contributed by atoms with Crippen molar-refractivity contribution in [1.82, 2.24) is 0 Å². The summed E-state index contributed by atoms with van der Waals surface area (Å²) in [6, 6.07) is 5.33. The Balaban J connectivity index is 2.86. The molecule has 19 heavy (non-hydrogen) atoms. The van der Waals surface area contributed by atoms with Gasteiger partial charge in [0.15, 0.2) is 0 Å². The lowest BCUT2D eigenvalue weighted by Crippen LogP contribution is -2.27. The van der Waals surface area contributed by atoms with Gasteiger partial charge in [-0.25, -0.2) is 0 Å². The zero-order valence-corrected chi connectivity index (χ0v) is 12.2. The Bertz CT molecular complexity index is 387. The first-order valence-electron chi connectivity index (χ1n) is 6.43. The summed E-state index contributed by atoms with van der Waals surface area (Å²) in [6.45, 7) is 3.40. The summed E-state index contributed by atoms with van der Waals surface area (Å²) >= 11 is 6.00. The largest absolute Gasteiger partial charge is 0.496 e. The van der Waals surface area contributed by atoms with Gasteiger partial charge in [-0.1, -0.05) is 11.6 Å². The molecule has 0 heterocycles. The zero-order chi connectivity index (χ0) is 14.3. The number of ether oxygens (including phenoxy) is 2. The summed E-state index contributed by atoms with van der Waals surface area (Å²) in [5, 5.41) is 10.8. The van der Waals surface area contributed by atoms with Crippen LogP contribution < -0.4 is 10.5 Å². The van der Waals surface area contributed by atoms with Crippen LogP contribution in [0.15, 0.2) is 18.2 Å². The van der Waals surface area contributed by atoms with E-state index in [1.54, 1.807) is 25.3 Å². The van der Waals surface area contributed by atoms with Crippen molar-refractivity contribution >= 4 is 11.6 Å². The molecular weight excluding hydrogens is 266 g/mol. The second-order valence-corrected chi connectivity index (χ2v) is 4.72. The van der Waals surface area contributed by atoms with Gasteiger partial charge in [0.05, 0.1) is 13.2 Å². The molecule has 3 N–H and O–H groups in total. The van der Waals surface area contributed by atoms with E-state index in [-0.39, 0.29) is 5.92 Å². The first kappa shape index (κ1) is 16.2. The van der Waals surface area contributed by atoms with E-state index >= 15 is 0 Å². The van der Waals surface area contributed by atoms with E-state index in [9.17, 15) is 5.11 Å². The highest BCUT2D eigenvalue weighted by Gasteiger charge is 2.23. The van der Waals surface area contributed by atoms with Crippen LogP contribution in [0.4, 0.5) is 0 Å². The third-order valence-electron chi connectivity index (χ3n) is 3.07. The minimum atomic E-state index is -0.580. The number of halogens is 1. The molecule has 4 nitrogen and oxygen atoms in total. The number of hydrogen-bond acceptors (Lipinski definition) is 4. The molecular formula is C14H22ClNO3. The maximum absolute atomic E-state index is 10.2. The van der Waals surface area contributed by atoms with Crippen molar-refractivity contribution in [1.29, 1.82) is 0 Å². The molecule has 0 aliphatic carbocycles. The summed E-state index contributed by atoms with van der Waals surface area (Å²) in [5.74, 6) is 0.476. The second kappa shape index (κ2) is 8.38. The van der Waals surface area contributed by atoms with Crippen LogP contribution >= 0.6 is 11.6 Å². The predicted octanol–water partition coefficient (Wildman–Crippen LogP) is 2.18. The van der Waals surface area contributed by atoms with E-state index in [0.717, 1.165) is 5.56 Å². The molecule has 108 valence electrons. The van der Waals surface area contributed by atoms with Crippen molar-refractivity contribution in [3.05, 3.63) is 28.8 Å². The Morgan fingerprint density at radius 3 is 2.74 bits per heavy atom. The summed E-state index contributed by atoms with van der Waals surface area (Å²) < 4.78 is 10.6. The Kier molecular flexibility index (Phi) is 7.16. The van der Waals surface area contributed by atoms with Gasteiger partial charge in [-0.15, -0.1) is 0 Å². The predicted molar refractivity (Wildman–Crippen MR) is 76.9 cm³/mol. The first-order valence-corrected chi connectivity index (χ1v) is 6.81. The molecule has 2 unspecified atom stereocenters. The van der Waals surface area contributed by atoms with E-state index in [1.807, 2.05) is 6.92 Å². The minimum absolute atomic E-state index is 0.214. The van der Waals surface area contributed by atoms with Crippen LogP contribution in [0, 0.1) is 0 Å². The van der Waals surface area contributed by atoms with Crippen molar-refractivity contribution < 1.29 is 14.6 Å². The van der Waals surface area contributed by atoms with Gasteiger partial charge in [0, 0.05) is 36.3 Å². The highest BCUT2D eigenvalue weighted by molar-refractivity contribution is 6.30. The third kappa shape index (κ3) is 4.66. The van der Waals surface area contributed by atoms with Gasteiger partial charge in [0.1, 0.15) is 5.75 Å². The van der Waals surface area contributed by atoms with Crippen LogP contribution in [0.2, 0.25) is 5.02 Å². The molecule has 1 aromatic rings. The van der Waals surface area contributed by atoms with Crippen molar-refractivity contribution in [2.45, 2.75) is 25.4 Å². The maximum Gasteiger partial charge on any atom is 0.122 e. The van der Waals surface area contributed by atoms with Gasteiger partial charge in [-0.05, 0) is 31.5 Å². The zero-order valence-electron chi connectivity index (χ0n) is 11.4. The lowest BCUT2D eigenvalue weighted by atomic mass is 9.91. The fraction of sp³-hybridized carbons (Fsp3) is 0.571. The Hall–Kier alpha value is -0.810. The number of nitrogens with two attached hydrogens (primary N) is 1. The molecule has 1 aromatic carbocycles. The summed E-state index contributed by atoms with van der Waals surface area (Å²) in [7, 11) is 1.59. The van der Waals surface area contributed by atoms with Crippen LogP contribution in [-0.4, -0.2) is 38.1 Å². The molecule has 0 saturated heterocycles. The molecule has 0 saturated carbocycles. The van der Waals surface area contributed by atoms with Gasteiger partial charge in [0.2, 0.25) is 0 Å². The van der Waals surface area contributed by atoms with Crippen molar-refractivity contribution in [2.24, 2.45) is 5.73 Å². The van der Waals surface area contributed by atoms with Gasteiger partial charge < -0.3 is 20.3 Å². The number of aliphatic hydroxyl groups is 1. The monoisotopic (exact) mass is 287 g/mol. The van der Waals surface area contributed by atoms with Crippen molar-refractivity contribution in [2.75, 3.05) is 26.9 Å². The SMILES string of the molecule is CCOCCC(O)C(CN)c1cc(Cl)ccc1OC. The molecule has 0 amide bonds. The number of methoxy groups -OCH3 is 1. The molecule has 0 spiro atoms. The molecule has 0 aliphatic rings. The van der Waals surface area contributed by atoms with E-state index in [1.165, 1.54) is 0 Å². The highest BCUT2D eigenvalue weighted by Crippen LogP contribution is 2.32. The topological polar surface area (TPSA) is 64.7 Å². The smallest absolute Gasteiger partial charge is 0.122 e. The third-order valence-corrected chi connectivity index (χ3v) is 3.31. The van der Waals surface area contributed by atoms with Gasteiger partial charge >= 0.3 is 0 Å². The number of rotatable bonds is 8. The van der Waals surface area contributed by atoms with E-state index < -0.39 is 6.10 Å². The van der Waals surface area contributed by atoms with Crippen LogP contribution in [0.3, 0.4) is 0 Å². The van der Waals surface area contributed by atoms with Gasteiger partial charge in [-0.2, -0.15) is 0 Å². The number of aliphatic hydroxyl groups excluding tert-OH is 1. The normalized spacial score (nSPS) is 14.2. The molecule has 0 radical (unpaired) electrons. The number of hydrogen-bond donors (Lipinski definition) is 2. The Morgan fingerprint density at radius 1 is 1.42 bits per heavy atom. The lowest BCUT2D eigenvalue weighted by molar-refractivity contribution is 0.0747. The van der Waals surface area contributed by atoms with Gasteiger partial charge in [0.25, 0.3) is 0 Å². The molecule has 1 rings (SSSR count). The quantitative estimate of drug-likeness (QED) is 0.719. The standard InChI is InChI=1S/C14H22ClNO3/c1-3-19-7-6-13(17)12(9-16)11-8-10(15)4-5-14(11)18-2/h4-5,8,12-13,17H,3,6-7,9,16H2,1-2H3. The van der Waals surface area contributed by atoms with Crippen LogP contribution in [0.5, 0.6) is 5.75 Å². The van der Waals surface area contributed by atoms with Crippen LogP contribution in [0.25, 0.3) is 0 Å². The fourth-order valence-corrected chi connectivity index (χ4v) is 2.22. The van der Waals surface area contributed by atoms with Gasteiger partial charge in [-0.3, -0.25) is 0 Å². The Labute approximate surface area is 119 Å². The summed E-state index contributed by atoms with van der Waals surface area (Å²) in [6.07, 6.45) is -0.0466. The van der Waals surface area contributed by atoms with E-state index in [2.05, 4.69) is 0 Å². The van der Waals surface area contributed by atoms with Crippen LogP contribution in [-0.2, 0) is 4.74 Å². The highest BCUT2D eigenvalue weighted by atomic mass is 35.5. The van der Waals surface area contributed by atoms with Crippen molar-refractivity contribution in [3.63, 3.8) is 0 Å². The summed E-state index contributed by atoms with van der Waals surface area (Å²) in [5.41, 5.74) is 6.62. The average Bonchev–Trinajstić information content (AvgIpc) is 2.40. The Morgan fingerprint density at radius 2 is 2.16 bits per heavy atom. The molecule has 2 atom stereocenters. The number of benzene rings is 1. The van der Waals surface area contributed by atoms with Crippen LogP contribution in [0.1, 0.15) is 24.8 Å². The molecule has 5 heteroatoms. The molecule has 0 aromatic heterocycles. The maximum atomic E-state index is 10.2.